The van der Waals surface area contributed by atoms with Crippen LogP contribution in [0.15, 0.2) is 45.8 Å². The van der Waals surface area contributed by atoms with Crippen molar-refractivity contribution >= 4 is 37.5 Å². The van der Waals surface area contributed by atoms with Crippen LogP contribution in [0.2, 0.25) is 0 Å². The molecule has 2 aromatic carbocycles. The van der Waals surface area contributed by atoms with Gasteiger partial charge in [0.25, 0.3) is 0 Å². The Labute approximate surface area is 184 Å². The van der Waals surface area contributed by atoms with E-state index >= 15 is 0 Å². The summed E-state index contributed by atoms with van der Waals surface area (Å²) in [6.07, 6.45) is 2.99. The average Bonchev–Trinajstić information content (AvgIpc) is 2.75. The summed E-state index contributed by atoms with van der Waals surface area (Å²) in [5, 5.41) is 2.82. The summed E-state index contributed by atoms with van der Waals surface area (Å²) in [6.45, 7) is 2.10. The Morgan fingerprint density at radius 2 is 1.63 bits per heavy atom. The van der Waals surface area contributed by atoms with Crippen molar-refractivity contribution in [2.45, 2.75) is 30.6 Å². The lowest BCUT2D eigenvalue weighted by Crippen LogP contribution is -2.35. The van der Waals surface area contributed by atoms with Gasteiger partial charge in [0.05, 0.1) is 11.3 Å². The first-order chi connectivity index (χ1) is 14.4. The Morgan fingerprint density at radius 1 is 1.00 bits per heavy atom. The van der Waals surface area contributed by atoms with Gasteiger partial charge in [-0.05, 0) is 54.8 Å². The Morgan fingerprint density at radius 3 is 2.30 bits per heavy atom. The number of sulfonamides is 1. The van der Waals surface area contributed by atoms with E-state index < -0.39 is 10.0 Å². The minimum absolute atomic E-state index is 0.144. The molecule has 0 radical (unpaired) electrons. The maximum atomic E-state index is 12.7. The summed E-state index contributed by atoms with van der Waals surface area (Å²) in [7, 11) is -3.48. The summed E-state index contributed by atoms with van der Waals surface area (Å²) in [5.41, 5.74) is 1.33. The van der Waals surface area contributed by atoms with Crippen LogP contribution in [0.4, 0.5) is 5.69 Å². The molecule has 0 bridgehead atoms. The summed E-state index contributed by atoms with van der Waals surface area (Å²) in [5.74, 6) is 1.07. The number of piperidine rings is 1. The van der Waals surface area contributed by atoms with Gasteiger partial charge in [0.1, 0.15) is 13.2 Å². The molecular weight excluding hydrogens is 472 g/mol. The van der Waals surface area contributed by atoms with Crippen molar-refractivity contribution in [2.24, 2.45) is 0 Å². The third kappa shape index (κ3) is 4.63. The predicted octanol–water partition coefficient (Wildman–Crippen LogP) is 3.58. The van der Waals surface area contributed by atoms with E-state index in [4.69, 9.17) is 9.47 Å². The fraction of sp³-hybridized carbons (Fsp3) is 0.381. The third-order valence-electron chi connectivity index (χ3n) is 5.15. The molecule has 0 spiro atoms. The first kappa shape index (κ1) is 21.1. The van der Waals surface area contributed by atoms with E-state index in [-0.39, 0.29) is 17.2 Å². The molecule has 0 atom stereocenters. The second kappa shape index (κ2) is 8.95. The highest BCUT2D eigenvalue weighted by Crippen LogP contribution is 2.35. The quantitative estimate of drug-likeness (QED) is 0.686. The van der Waals surface area contributed by atoms with Gasteiger partial charge in [-0.25, -0.2) is 8.42 Å². The maximum Gasteiger partial charge on any atom is 0.243 e. The van der Waals surface area contributed by atoms with Crippen molar-refractivity contribution in [3.63, 3.8) is 0 Å². The molecular formula is C21H23BrN2O5S. The first-order valence-electron chi connectivity index (χ1n) is 9.91. The first-order valence-corrected chi connectivity index (χ1v) is 12.1. The van der Waals surface area contributed by atoms with E-state index in [2.05, 4.69) is 21.2 Å². The number of rotatable bonds is 5. The van der Waals surface area contributed by atoms with Gasteiger partial charge in [-0.3, -0.25) is 4.79 Å². The number of carbonyl (C=O) groups is 1. The van der Waals surface area contributed by atoms with Crippen molar-refractivity contribution < 1.29 is 22.7 Å². The van der Waals surface area contributed by atoms with Gasteiger partial charge in [-0.2, -0.15) is 4.31 Å². The van der Waals surface area contributed by atoms with Crippen molar-refractivity contribution in [1.82, 2.24) is 4.31 Å². The van der Waals surface area contributed by atoms with E-state index in [0.717, 1.165) is 29.3 Å². The van der Waals surface area contributed by atoms with Crippen LogP contribution in [-0.4, -0.2) is 44.9 Å². The Kier molecular flexibility index (Phi) is 6.31. The van der Waals surface area contributed by atoms with Crippen LogP contribution in [0.25, 0.3) is 0 Å². The maximum absolute atomic E-state index is 12.7. The Hall–Kier alpha value is -2.10. The minimum atomic E-state index is -3.48. The largest absolute Gasteiger partial charge is 0.486 e. The lowest BCUT2D eigenvalue weighted by molar-refractivity contribution is -0.115. The van der Waals surface area contributed by atoms with E-state index in [1.807, 2.05) is 0 Å². The van der Waals surface area contributed by atoms with E-state index in [9.17, 15) is 13.2 Å². The lowest BCUT2D eigenvalue weighted by atomic mass is 10.1. The third-order valence-corrected chi connectivity index (χ3v) is 7.80. The summed E-state index contributed by atoms with van der Waals surface area (Å²) < 4.78 is 38.9. The highest BCUT2D eigenvalue weighted by molar-refractivity contribution is 9.10. The van der Waals surface area contributed by atoms with Gasteiger partial charge >= 0.3 is 0 Å². The molecule has 1 amide bonds. The lowest BCUT2D eigenvalue weighted by Gasteiger charge is -2.25. The van der Waals surface area contributed by atoms with Gasteiger partial charge < -0.3 is 14.8 Å². The number of fused-ring (bicyclic) bond motifs is 1. The number of halogens is 1. The topological polar surface area (TPSA) is 84.9 Å². The van der Waals surface area contributed by atoms with Crippen molar-refractivity contribution in [2.75, 3.05) is 31.6 Å². The number of hydrogen-bond acceptors (Lipinski definition) is 5. The number of ether oxygens (including phenoxy) is 2. The minimum Gasteiger partial charge on any atom is -0.486 e. The average molecular weight is 495 g/mol. The molecule has 2 aliphatic heterocycles. The SMILES string of the molecule is O=C(Cc1cc2c(cc1Br)OCCO2)Nc1ccc(S(=O)(=O)N2CCCCC2)cc1. The van der Waals surface area contributed by atoms with Crippen molar-refractivity contribution in [3.8, 4) is 11.5 Å². The smallest absolute Gasteiger partial charge is 0.243 e. The van der Waals surface area contributed by atoms with Crippen LogP contribution < -0.4 is 14.8 Å². The van der Waals surface area contributed by atoms with Crippen LogP contribution in [-0.2, 0) is 21.2 Å². The molecule has 160 valence electrons. The highest BCUT2D eigenvalue weighted by Gasteiger charge is 2.25. The van der Waals surface area contributed by atoms with Crippen LogP contribution in [0.1, 0.15) is 24.8 Å². The number of nitrogens with zero attached hydrogens (tertiary/aromatic N) is 1. The number of amides is 1. The molecule has 9 heteroatoms. The molecule has 2 heterocycles. The molecule has 1 saturated heterocycles. The number of nitrogens with one attached hydrogen (secondary N) is 1. The normalized spacial score (nSPS) is 16.8. The number of benzene rings is 2. The van der Waals surface area contributed by atoms with Crippen LogP contribution in [0, 0.1) is 0 Å². The number of carbonyl (C=O) groups excluding carboxylic acids is 1. The van der Waals surface area contributed by atoms with E-state index in [1.54, 1.807) is 36.4 Å². The van der Waals surface area contributed by atoms with Gasteiger partial charge in [0.15, 0.2) is 11.5 Å². The van der Waals surface area contributed by atoms with Gasteiger partial charge in [-0.15, -0.1) is 0 Å². The molecule has 0 aromatic heterocycles. The molecule has 30 heavy (non-hydrogen) atoms. The second-order valence-electron chi connectivity index (χ2n) is 7.30. The summed E-state index contributed by atoms with van der Waals surface area (Å²) >= 11 is 3.47. The van der Waals surface area contributed by atoms with Crippen LogP contribution in [0.3, 0.4) is 0 Å². The number of anilines is 1. The highest BCUT2D eigenvalue weighted by atomic mass is 79.9. The van der Waals surface area contributed by atoms with Crippen LogP contribution >= 0.6 is 15.9 Å². The number of hydrogen-bond donors (Lipinski definition) is 1. The van der Waals surface area contributed by atoms with Gasteiger partial charge in [0, 0.05) is 23.2 Å². The Balaban J connectivity index is 1.42. The molecule has 0 saturated carbocycles. The zero-order valence-corrected chi connectivity index (χ0v) is 18.8. The molecule has 0 aliphatic carbocycles. The van der Waals surface area contributed by atoms with Crippen molar-refractivity contribution in [1.29, 1.82) is 0 Å². The van der Waals surface area contributed by atoms with E-state index in [0.29, 0.717) is 43.5 Å². The monoisotopic (exact) mass is 494 g/mol. The molecule has 1 fully saturated rings. The molecule has 0 unspecified atom stereocenters. The molecule has 2 aliphatic rings. The Bertz CT molecular complexity index is 1030. The van der Waals surface area contributed by atoms with E-state index in [1.165, 1.54) is 4.31 Å². The molecule has 4 rings (SSSR count). The zero-order chi connectivity index (χ0) is 21.1. The molecule has 7 nitrogen and oxygen atoms in total. The van der Waals surface area contributed by atoms with Gasteiger partial charge in [0.2, 0.25) is 15.9 Å². The molecule has 1 N–H and O–H groups in total. The van der Waals surface area contributed by atoms with Crippen molar-refractivity contribution in [3.05, 3.63) is 46.4 Å². The summed E-state index contributed by atoms with van der Waals surface area (Å²) in [6, 6.07) is 9.92. The standard InChI is InChI=1S/C21H23BrN2O5S/c22-18-14-20-19(28-10-11-29-20)12-15(18)13-21(25)23-16-4-6-17(7-5-16)30(26,27)24-8-2-1-3-9-24/h4-7,12,14H,1-3,8-11,13H2,(H,23,25). The zero-order valence-electron chi connectivity index (χ0n) is 16.4. The van der Waals surface area contributed by atoms with Crippen LogP contribution in [0.5, 0.6) is 11.5 Å². The predicted molar refractivity (Wildman–Crippen MR) is 117 cm³/mol. The fourth-order valence-electron chi connectivity index (χ4n) is 3.58. The fourth-order valence-corrected chi connectivity index (χ4v) is 5.56. The molecule has 2 aromatic rings. The summed E-state index contributed by atoms with van der Waals surface area (Å²) in [4.78, 5) is 12.7. The van der Waals surface area contributed by atoms with Gasteiger partial charge in [-0.1, -0.05) is 22.4 Å². The second-order valence-corrected chi connectivity index (χ2v) is 10.1.